The van der Waals surface area contributed by atoms with E-state index in [1.165, 1.54) is 59.3 Å². The molecule has 48 heavy (non-hydrogen) atoms. The Hall–Kier alpha value is -5.03. The molecule has 0 spiro atoms. The van der Waals surface area contributed by atoms with Gasteiger partial charge in [-0.1, -0.05) is 24.3 Å². The van der Waals surface area contributed by atoms with Gasteiger partial charge in [-0.05, 0) is 65.7 Å². The van der Waals surface area contributed by atoms with Crippen LogP contribution in [-0.2, 0) is 38.3 Å². The first-order valence-corrected chi connectivity index (χ1v) is 17.3. The van der Waals surface area contributed by atoms with Gasteiger partial charge in [0.1, 0.15) is 11.4 Å². The van der Waals surface area contributed by atoms with Crippen LogP contribution in [0.4, 0.5) is 22.0 Å². The molecule has 0 saturated carbocycles. The molecule has 1 amide bonds. The molecule has 0 fully saturated rings. The number of nitrogens with one attached hydrogen (secondary N) is 2. The van der Waals surface area contributed by atoms with Crippen molar-refractivity contribution in [2.75, 3.05) is 6.26 Å². The molecule has 17 heteroatoms. The van der Waals surface area contributed by atoms with Crippen molar-refractivity contribution in [1.29, 1.82) is 0 Å². The number of benzene rings is 3. The van der Waals surface area contributed by atoms with E-state index in [2.05, 4.69) is 9.72 Å². The second-order valence-corrected chi connectivity index (χ2v) is 14.4. The van der Waals surface area contributed by atoms with E-state index in [1.807, 2.05) is 4.72 Å². The van der Waals surface area contributed by atoms with Crippen LogP contribution in [0, 0.1) is 0 Å². The lowest BCUT2D eigenvalue weighted by Gasteiger charge is -2.14. The number of carbonyl (C=O) groups excluding carboxylic acids is 1. The van der Waals surface area contributed by atoms with E-state index in [4.69, 9.17) is 0 Å². The minimum Gasteiger partial charge on any atom is -0.435 e. The SMILES string of the molecule is CS(=O)(=O)Cc1cccc(S(=O)(=O)NC(=O)c2c(-c3ccc[nH]c3=O)c3cc(C(F)(F)F)ccc3n2Cc2ccc(OC(F)F)cc2)c1. The molecular formula is C31H24F5N3O7S2. The Morgan fingerprint density at radius 1 is 0.938 bits per heavy atom. The van der Waals surface area contributed by atoms with Crippen LogP contribution in [0.25, 0.3) is 22.0 Å². The van der Waals surface area contributed by atoms with Gasteiger partial charge in [0.2, 0.25) is 0 Å². The van der Waals surface area contributed by atoms with Crippen molar-refractivity contribution in [3.8, 4) is 16.9 Å². The minimum atomic E-state index is -4.83. The average molecular weight is 710 g/mol. The second-order valence-electron chi connectivity index (χ2n) is 10.6. The zero-order chi connectivity index (χ0) is 35.0. The van der Waals surface area contributed by atoms with E-state index in [9.17, 15) is 48.4 Å². The largest absolute Gasteiger partial charge is 0.435 e. The Morgan fingerprint density at radius 2 is 1.65 bits per heavy atom. The lowest BCUT2D eigenvalue weighted by molar-refractivity contribution is -0.137. The molecule has 2 N–H and O–H groups in total. The number of aromatic amines is 1. The maximum absolute atomic E-state index is 14.0. The number of hydrogen-bond acceptors (Lipinski definition) is 7. The molecule has 0 radical (unpaired) electrons. The zero-order valence-electron chi connectivity index (χ0n) is 24.6. The highest BCUT2D eigenvalue weighted by molar-refractivity contribution is 7.90. The Balaban J connectivity index is 1.72. The van der Waals surface area contributed by atoms with Gasteiger partial charge in [-0.2, -0.15) is 22.0 Å². The summed E-state index contributed by atoms with van der Waals surface area (Å²) in [6.07, 6.45) is -2.63. The van der Waals surface area contributed by atoms with E-state index >= 15 is 0 Å². The molecule has 3 aromatic carbocycles. The third-order valence-corrected chi connectivity index (χ3v) is 9.23. The van der Waals surface area contributed by atoms with Gasteiger partial charge in [0.25, 0.3) is 21.5 Å². The second kappa shape index (κ2) is 12.9. The summed E-state index contributed by atoms with van der Waals surface area (Å²) in [5.41, 5.74) is -2.53. The fourth-order valence-corrected chi connectivity index (χ4v) is 6.92. The highest BCUT2D eigenvalue weighted by atomic mass is 32.2. The molecule has 0 saturated heterocycles. The van der Waals surface area contributed by atoms with Crippen LogP contribution in [0.3, 0.4) is 0 Å². The number of halogens is 5. The number of hydrogen-bond donors (Lipinski definition) is 2. The first kappa shape index (κ1) is 34.3. The summed E-state index contributed by atoms with van der Waals surface area (Å²) in [6.45, 7) is -3.41. The van der Waals surface area contributed by atoms with E-state index in [1.54, 1.807) is 0 Å². The van der Waals surface area contributed by atoms with Crippen molar-refractivity contribution in [3.63, 3.8) is 0 Å². The van der Waals surface area contributed by atoms with Crippen LogP contribution in [0.2, 0.25) is 0 Å². The van der Waals surface area contributed by atoms with Crippen LogP contribution < -0.4 is 15.0 Å². The molecule has 0 unspecified atom stereocenters. The van der Waals surface area contributed by atoms with Crippen molar-refractivity contribution in [3.05, 3.63) is 118 Å². The molecule has 0 bridgehead atoms. The molecule has 252 valence electrons. The highest BCUT2D eigenvalue weighted by Gasteiger charge is 2.34. The number of sulfonamides is 1. The number of H-pyrrole nitrogens is 1. The summed E-state index contributed by atoms with van der Waals surface area (Å²) in [6, 6.07) is 15.1. The van der Waals surface area contributed by atoms with Crippen LogP contribution in [0.1, 0.15) is 27.2 Å². The molecule has 10 nitrogen and oxygen atoms in total. The summed E-state index contributed by atoms with van der Waals surface area (Å²) in [4.78, 5) is 29.0. The van der Waals surface area contributed by atoms with Crippen LogP contribution >= 0.6 is 0 Å². The highest BCUT2D eigenvalue weighted by Crippen LogP contribution is 2.39. The van der Waals surface area contributed by atoms with Crippen LogP contribution in [0.15, 0.2) is 94.7 Å². The standard InChI is InChI=1S/C31H24F5N3O7S2/c1-47(42,43)17-19-4-2-5-22(14-19)48(44,45)38-29(41)27-26(23-6-3-13-37-28(23)40)24-15-20(31(34,35)36)9-12-25(24)39(27)16-18-7-10-21(11-8-18)46-30(32)33/h2-15,30H,16-17H2,1H3,(H,37,40)(H,38,41). The smallest absolute Gasteiger partial charge is 0.416 e. The molecular weight excluding hydrogens is 685 g/mol. The monoisotopic (exact) mass is 709 g/mol. The zero-order valence-corrected chi connectivity index (χ0v) is 26.2. The Kier molecular flexibility index (Phi) is 9.20. The van der Waals surface area contributed by atoms with Crippen molar-refractivity contribution < 1.29 is 48.3 Å². The molecule has 5 rings (SSSR count). The average Bonchev–Trinajstić information content (AvgIpc) is 3.30. The molecule has 0 aliphatic heterocycles. The number of amides is 1. The topological polar surface area (TPSA) is 144 Å². The van der Waals surface area contributed by atoms with Gasteiger partial charge in [0.15, 0.2) is 9.84 Å². The number of alkyl halides is 5. The molecule has 2 aromatic heterocycles. The summed E-state index contributed by atoms with van der Waals surface area (Å²) >= 11 is 0. The van der Waals surface area contributed by atoms with Gasteiger partial charge in [0, 0.05) is 41.0 Å². The summed E-state index contributed by atoms with van der Waals surface area (Å²) < 4.78 is 125. The third kappa shape index (κ3) is 7.57. The molecule has 0 atom stereocenters. The summed E-state index contributed by atoms with van der Waals surface area (Å²) in [5.74, 6) is -2.02. The van der Waals surface area contributed by atoms with Crippen molar-refractivity contribution in [2.24, 2.45) is 0 Å². The number of fused-ring (bicyclic) bond motifs is 1. The van der Waals surface area contributed by atoms with Gasteiger partial charge in [0.05, 0.1) is 16.2 Å². The Bertz CT molecular complexity index is 2300. The normalized spacial score (nSPS) is 12.4. The van der Waals surface area contributed by atoms with Gasteiger partial charge in [-0.3, -0.25) is 9.59 Å². The number of rotatable bonds is 10. The third-order valence-electron chi connectivity index (χ3n) is 7.05. The predicted octanol–water partition coefficient (Wildman–Crippen LogP) is 5.33. The molecule has 5 aromatic rings. The lowest BCUT2D eigenvalue weighted by atomic mass is 10.0. The molecule has 0 aliphatic rings. The maximum atomic E-state index is 14.0. The van der Waals surface area contributed by atoms with E-state index in [-0.39, 0.29) is 39.9 Å². The number of sulfone groups is 1. The Morgan fingerprint density at radius 3 is 2.27 bits per heavy atom. The van der Waals surface area contributed by atoms with E-state index in [0.29, 0.717) is 5.56 Å². The van der Waals surface area contributed by atoms with Gasteiger partial charge in [-0.25, -0.2) is 21.6 Å². The van der Waals surface area contributed by atoms with Gasteiger partial charge >= 0.3 is 12.8 Å². The quantitative estimate of drug-likeness (QED) is 0.187. The Labute approximate surface area is 269 Å². The van der Waals surface area contributed by atoms with Gasteiger partial charge in [-0.15, -0.1) is 0 Å². The van der Waals surface area contributed by atoms with E-state index in [0.717, 1.165) is 36.6 Å². The number of pyridine rings is 1. The van der Waals surface area contributed by atoms with E-state index < -0.39 is 66.0 Å². The molecule has 0 aliphatic carbocycles. The van der Waals surface area contributed by atoms with Crippen molar-refractivity contribution in [2.45, 2.75) is 30.0 Å². The first-order valence-electron chi connectivity index (χ1n) is 13.7. The first-order chi connectivity index (χ1) is 22.4. The number of nitrogens with zero attached hydrogens (tertiary/aromatic N) is 1. The predicted molar refractivity (Wildman–Crippen MR) is 165 cm³/mol. The number of carbonyl (C=O) groups is 1. The van der Waals surface area contributed by atoms with Crippen molar-refractivity contribution >= 4 is 36.7 Å². The van der Waals surface area contributed by atoms with Gasteiger partial charge < -0.3 is 14.3 Å². The fraction of sp³-hybridized carbons (Fsp3) is 0.161. The summed E-state index contributed by atoms with van der Waals surface area (Å²) in [7, 11) is -8.29. The fourth-order valence-electron chi connectivity index (χ4n) is 5.12. The lowest BCUT2D eigenvalue weighted by Crippen LogP contribution is -2.33. The summed E-state index contributed by atoms with van der Waals surface area (Å²) in [5, 5.41) is -0.211. The van der Waals surface area contributed by atoms with Crippen LogP contribution in [-0.4, -0.2) is 45.2 Å². The number of aromatic nitrogens is 2. The minimum absolute atomic E-state index is 0.00635. The van der Waals surface area contributed by atoms with Crippen LogP contribution in [0.5, 0.6) is 5.75 Å². The number of ether oxygens (including phenoxy) is 1. The molecule has 2 heterocycles. The maximum Gasteiger partial charge on any atom is 0.416 e. The van der Waals surface area contributed by atoms with Crippen molar-refractivity contribution in [1.82, 2.24) is 14.3 Å².